The zero-order valence-electron chi connectivity index (χ0n) is 6.49. The van der Waals surface area contributed by atoms with E-state index >= 15 is 0 Å². The van der Waals surface area contributed by atoms with Gasteiger partial charge in [-0.15, -0.1) is 0 Å². The number of nitrogens with zero attached hydrogens (tertiary/aromatic N) is 2. The Balaban J connectivity index is 2.94. The molecule has 2 nitrogen and oxygen atoms in total. The van der Waals surface area contributed by atoms with Crippen LogP contribution in [0.1, 0.15) is 11.1 Å². The molecule has 1 heterocycles. The molecule has 0 amide bonds. The quantitative estimate of drug-likeness (QED) is 0.586. The van der Waals surface area contributed by atoms with Crippen molar-refractivity contribution >= 4 is 12.8 Å². The summed E-state index contributed by atoms with van der Waals surface area (Å²) < 4.78 is 0. The van der Waals surface area contributed by atoms with E-state index in [2.05, 4.69) is 16.7 Å². The minimum atomic E-state index is 1.08. The van der Waals surface area contributed by atoms with Crippen LogP contribution in [0.3, 0.4) is 0 Å². The Morgan fingerprint density at radius 3 is 3.09 bits per heavy atom. The summed E-state index contributed by atoms with van der Waals surface area (Å²) in [6, 6.07) is 1.96. The van der Waals surface area contributed by atoms with Crippen LogP contribution in [0, 0.1) is 6.92 Å². The molecular formula is C9H10N2. The van der Waals surface area contributed by atoms with Crippen LogP contribution in [-0.2, 0) is 0 Å². The van der Waals surface area contributed by atoms with Gasteiger partial charge in [0, 0.05) is 18.6 Å². The van der Waals surface area contributed by atoms with Gasteiger partial charge in [-0.2, -0.15) is 0 Å². The molecule has 0 unspecified atom stereocenters. The maximum Gasteiger partial charge on any atom is 0.0343 e. The molecule has 56 valence electrons. The van der Waals surface area contributed by atoms with Crippen molar-refractivity contribution in [2.75, 3.05) is 0 Å². The molecular weight excluding hydrogens is 136 g/mol. The fraction of sp³-hybridized carbons (Fsp3) is 0.111. The van der Waals surface area contributed by atoms with Crippen molar-refractivity contribution in [3.63, 3.8) is 0 Å². The van der Waals surface area contributed by atoms with Gasteiger partial charge in [0.2, 0.25) is 0 Å². The van der Waals surface area contributed by atoms with Crippen LogP contribution >= 0.6 is 0 Å². The zero-order valence-corrected chi connectivity index (χ0v) is 6.49. The van der Waals surface area contributed by atoms with Gasteiger partial charge in [0.25, 0.3) is 0 Å². The van der Waals surface area contributed by atoms with Crippen LogP contribution in [0.4, 0.5) is 0 Å². The Hall–Kier alpha value is -1.44. The molecule has 2 heteroatoms. The lowest BCUT2D eigenvalue weighted by Crippen LogP contribution is -1.80. The van der Waals surface area contributed by atoms with E-state index in [-0.39, 0.29) is 0 Å². The number of aryl methyl sites for hydroxylation is 1. The maximum atomic E-state index is 3.99. The van der Waals surface area contributed by atoms with Crippen molar-refractivity contribution < 1.29 is 0 Å². The van der Waals surface area contributed by atoms with Crippen molar-refractivity contribution in [1.82, 2.24) is 4.98 Å². The Kier molecular flexibility index (Phi) is 2.55. The van der Waals surface area contributed by atoms with E-state index in [1.807, 2.05) is 19.1 Å². The van der Waals surface area contributed by atoms with Gasteiger partial charge in [-0.05, 0) is 36.9 Å². The third-order valence-electron chi connectivity index (χ3n) is 1.44. The summed E-state index contributed by atoms with van der Waals surface area (Å²) >= 11 is 0. The standard InChI is InChI=1S/C9H10N2/c1-8-3-6-11-7-9(8)4-5-10-2/h3-7H,2H2,1H3/b5-4-. The lowest BCUT2D eigenvalue weighted by Gasteiger charge is -1.95. The van der Waals surface area contributed by atoms with Crippen molar-refractivity contribution in [3.05, 3.63) is 35.8 Å². The molecule has 0 aromatic carbocycles. The van der Waals surface area contributed by atoms with Crippen LogP contribution < -0.4 is 0 Å². The van der Waals surface area contributed by atoms with E-state index in [4.69, 9.17) is 0 Å². The second kappa shape index (κ2) is 3.66. The largest absolute Gasteiger partial charge is 0.272 e. The molecule has 0 atom stereocenters. The number of pyridine rings is 1. The second-order valence-corrected chi connectivity index (χ2v) is 2.23. The van der Waals surface area contributed by atoms with Crippen LogP contribution in [-0.4, -0.2) is 11.7 Å². The first kappa shape index (κ1) is 7.66. The number of aliphatic imine (C=N–C) groups is 1. The van der Waals surface area contributed by atoms with Gasteiger partial charge in [-0.3, -0.25) is 9.98 Å². The molecule has 0 aliphatic heterocycles. The molecule has 0 fully saturated rings. The fourth-order valence-electron chi connectivity index (χ4n) is 0.784. The lowest BCUT2D eigenvalue weighted by atomic mass is 10.2. The summed E-state index contributed by atoms with van der Waals surface area (Å²) in [4.78, 5) is 7.60. The Morgan fingerprint density at radius 2 is 2.45 bits per heavy atom. The van der Waals surface area contributed by atoms with E-state index in [0.717, 1.165) is 5.56 Å². The summed E-state index contributed by atoms with van der Waals surface area (Å²) in [5.41, 5.74) is 2.28. The van der Waals surface area contributed by atoms with Gasteiger partial charge < -0.3 is 0 Å². The van der Waals surface area contributed by atoms with E-state index in [1.165, 1.54) is 5.56 Å². The summed E-state index contributed by atoms with van der Waals surface area (Å²) in [6.07, 6.45) is 7.12. The minimum Gasteiger partial charge on any atom is -0.272 e. The first-order chi connectivity index (χ1) is 5.34. The van der Waals surface area contributed by atoms with Crippen LogP contribution in [0.5, 0.6) is 0 Å². The van der Waals surface area contributed by atoms with Crippen LogP contribution in [0.15, 0.2) is 29.7 Å². The molecule has 0 aliphatic carbocycles. The maximum absolute atomic E-state index is 3.99. The van der Waals surface area contributed by atoms with Gasteiger partial charge in [0.15, 0.2) is 0 Å². The molecule has 0 aliphatic rings. The van der Waals surface area contributed by atoms with Gasteiger partial charge in [-0.1, -0.05) is 0 Å². The van der Waals surface area contributed by atoms with Gasteiger partial charge >= 0.3 is 0 Å². The molecule has 0 N–H and O–H groups in total. The molecule has 0 saturated heterocycles. The molecule has 1 aromatic rings. The second-order valence-electron chi connectivity index (χ2n) is 2.23. The summed E-state index contributed by atoms with van der Waals surface area (Å²) in [7, 11) is 0. The molecule has 0 saturated carbocycles. The summed E-state index contributed by atoms with van der Waals surface area (Å²) in [6.45, 7) is 5.38. The summed E-state index contributed by atoms with van der Waals surface area (Å²) in [5, 5.41) is 0. The predicted octanol–water partition coefficient (Wildman–Crippen LogP) is 2.06. The van der Waals surface area contributed by atoms with Crippen molar-refractivity contribution in [3.8, 4) is 0 Å². The highest BCUT2D eigenvalue weighted by Gasteiger charge is 1.89. The Morgan fingerprint density at radius 1 is 1.64 bits per heavy atom. The molecule has 1 rings (SSSR count). The highest BCUT2D eigenvalue weighted by molar-refractivity contribution is 5.52. The SMILES string of the molecule is C=N/C=C\c1cnccc1C. The van der Waals surface area contributed by atoms with Crippen LogP contribution in [0.25, 0.3) is 6.08 Å². The Bertz CT molecular complexity index is 277. The van der Waals surface area contributed by atoms with E-state index in [0.29, 0.717) is 0 Å². The van der Waals surface area contributed by atoms with Gasteiger partial charge in [0.1, 0.15) is 0 Å². The fourth-order valence-corrected chi connectivity index (χ4v) is 0.784. The average Bonchev–Trinajstić information content (AvgIpc) is 2.03. The zero-order chi connectivity index (χ0) is 8.10. The van der Waals surface area contributed by atoms with Gasteiger partial charge in [0.05, 0.1) is 0 Å². The molecule has 11 heavy (non-hydrogen) atoms. The van der Waals surface area contributed by atoms with Crippen LogP contribution in [0.2, 0.25) is 0 Å². The number of hydrogen-bond donors (Lipinski definition) is 0. The predicted molar refractivity (Wildman–Crippen MR) is 47.6 cm³/mol. The van der Waals surface area contributed by atoms with Crippen molar-refractivity contribution in [2.24, 2.45) is 4.99 Å². The summed E-state index contributed by atoms with van der Waals surface area (Å²) in [5.74, 6) is 0. The Labute approximate surface area is 66.3 Å². The monoisotopic (exact) mass is 146 g/mol. The first-order valence-corrected chi connectivity index (χ1v) is 3.37. The normalized spacial score (nSPS) is 10.3. The van der Waals surface area contributed by atoms with E-state index in [9.17, 15) is 0 Å². The van der Waals surface area contributed by atoms with Crippen molar-refractivity contribution in [1.29, 1.82) is 0 Å². The number of rotatable bonds is 2. The third-order valence-corrected chi connectivity index (χ3v) is 1.44. The number of aromatic nitrogens is 1. The number of hydrogen-bond acceptors (Lipinski definition) is 2. The molecule has 0 spiro atoms. The van der Waals surface area contributed by atoms with Crippen molar-refractivity contribution in [2.45, 2.75) is 6.92 Å². The van der Waals surface area contributed by atoms with Gasteiger partial charge in [-0.25, -0.2) is 0 Å². The first-order valence-electron chi connectivity index (χ1n) is 3.37. The van der Waals surface area contributed by atoms with E-state index < -0.39 is 0 Å². The minimum absolute atomic E-state index is 1.08. The topological polar surface area (TPSA) is 25.2 Å². The highest BCUT2D eigenvalue weighted by atomic mass is 14.6. The highest BCUT2D eigenvalue weighted by Crippen LogP contribution is 2.06. The average molecular weight is 146 g/mol. The van der Waals surface area contributed by atoms with E-state index in [1.54, 1.807) is 18.6 Å². The molecule has 1 aromatic heterocycles. The smallest absolute Gasteiger partial charge is 0.0343 e. The third kappa shape index (κ3) is 2.00. The lowest BCUT2D eigenvalue weighted by molar-refractivity contribution is 1.27. The molecule has 0 bridgehead atoms. The molecule has 0 radical (unpaired) electrons.